The second-order valence-corrected chi connectivity index (χ2v) is 7.93. The summed E-state index contributed by atoms with van der Waals surface area (Å²) in [4.78, 5) is 4.70. The zero-order valence-electron chi connectivity index (χ0n) is 10.4. The average molecular weight is 320 g/mol. The highest BCUT2D eigenvalue weighted by Crippen LogP contribution is 2.30. The van der Waals surface area contributed by atoms with Crippen LogP contribution in [0.4, 0.5) is 0 Å². The number of hydrogen-bond acceptors (Lipinski definition) is 4. The van der Waals surface area contributed by atoms with E-state index < -0.39 is 10.0 Å². The van der Waals surface area contributed by atoms with E-state index in [9.17, 15) is 8.42 Å². The maximum Gasteiger partial charge on any atom is 0.262 e. The number of sulfonamides is 1. The number of aromatic nitrogens is 2. The van der Waals surface area contributed by atoms with Gasteiger partial charge in [0.05, 0.1) is 0 Å². The van der Waals surface area contributed by atoms with Crippen molar-refractivity contribution in [3.8, 4) is 0 Å². The first-order valence-electron chi connectivity index (χ1n) is 6.11. The fourth-order valence-electron chi connectivity index (χ4n) is 2.32. The van der Waals surface area contributed by atoms with Crippen LogP contribution in [0.25, 0.3) is 4.96 Å². The summed E-state index contributed by atoms with van der Waals surface area (Å²) in [5.41, 5.74) is 0. The highest BCUT2D eigenvalue weighted by molar-refractivity contribution is 7.89. The molecule has 1 aliphatic rings. The molecule has 8 heteroatoms. The molecule has 1 aliphatic heterocycles. The van der Waals surface area contributed by atoms with Crippen molar-refractivity contribution < 1.29 is 8.42 Å². The summed E-state index contributed by atoms with van der Waals surface area (Å²) < 4.78 is 28.4. The summed E-state index contributed by atoms with van der Waals surface area (Å²) in [5, 5.41) is 1.96. The van der Waals surface area contributed by atoms with Gasteiger partial charge in [-0.3, -0.25) is 4.40 Å². The molecular weight excluding hydrogens is 306 g/mol. The van der Waals surface area contributed by atoms with Gasteiger partial charge in [-0.2, -0.15) is 4.31 Å². The molecule has 3 heterocycles. The number of hydrogen-bond donors (Lipinski definition) is 0. The van der Waals surface area contributed by atoms with Gasteiger partial charge in [-0.1, -0.05) is 18.5 Å². The SMILES string of the molecule is CC1CCN(S(=O)(=O)c2c(Cl)nc3sccn23)CC1. The van der Waals surface area contributed by atoms with E-state index in [1.807, 2.05) is 0 Å². The van der Waals surface area contributed by atoms with Crippen LogP contribution >= 0.6 is 22.9 Å². The number of halogens is 1. The highest BCUT2D eigenvalue weighted by Gasteiger charge is 2.33. The summed E-state index contributed by atoms with van der Waals surface area (Å²) in [7, 11) is -3.56. The molecule has 5 nitrogen and oxygen atoms in total. The Labute approximate surface area is 120 Å². The summed E-state index contributed by atoms with van der Waals surface area (Å²) in [5.74, 6) is 0.577. The van der Waals surface area contributed by atoms with Crippen LogP contribution < -0.4 is 0 Å². The lowest BCUT2D eigenvalue weighted by atomic mass is 10.0. The number of piperidine rings is 1. The van der Waals surface area contributed by atoms with Gasteiger partial charge < -0.3 is 0 Å². The Bertz CT molecular complexity index is 699. The zero-order chi connectivity index (χ0) is 13.6. The summed E-state index contributed by atoms with van der Waals surface area (Å²) >= 11 is 7.38. The summed E-state index contributed by atoms with van der Waals surface area (Å²) in [6.07, 6.45) is 3.48. The van der Waals surface area contributed by atoms with Crippen LogP contribution in [0.3, 0.4) is 0 Å². The molecule has 0 bridgehead atoms. The second kappa shape index (κ2) is 4.73. The third-order valence-corrected chi connectivity index (χ3v) is 6.56. The van der Waals surface area contributed by atoms with E-state index in [2.05, 4.69) is 11.9 Å². The topological polar surface area (TPSA) is 54.7 Å². The van der Waals surface area contributed by atoms with E-state index >= 15 is 0 Å². The number of rotatable bonds is 2. The first-order valence-corrected chi connectivity index (χ1v) is 8.81. The molecule has 0 spiro atoms. The van der Waals surface area contributed by atoms with Gasteiger partial charge in [0.1, 0.15) is 0 Å². The van der Waals surface area contributed by atoms with Gasteiger partial charge in [-0.25, -0.2) is 13.4 Å². The zero-order valence-corrected chi connectivity index (χ0v) is 12.8. The minimum absolute atomic E-state index is 0.0606. The molecule has 2 aromatic heterocycles. The largest absolute Gasteiger partial charge is 0.279 e. The summed E-state index contributed by atoms with van der Waals surface area (Å²) in [6.45, 7) is 3.25. The predicted molar refractivity (Wildman–Crippen MR) is 75.2 cm³/mol. The van der Waals surface area contributed by atoms with Gasteiger partial charge in [-0.15, -0.1) is 11.3 Å². The molecule has 0 saturated carbocycles. The molecule has 0 aliphatic carbocycles. The Morgan fingerprint density at radius 1 is 1.42 bits per heavy atom. The molecule has 104 valence electrons. The molecule has 0 amide bonds. The molecule has 1 saturated heterocycles. The van der Waals surface area contributed by atoms with Crippen LogP contribution in [0.2, 0.25) is 5.15 Å². The minimum Gasteiger partial charge on any atom is -0.279 e. The van der Waals surface area contributed by atoms with Crippen LogP contribution in [0.1, 0.15) is 19.8 Å². The first-order chi connectivity index (χ1) is 9.00. The van der Waals surface area contributed by atoms with Gasteiger partial charge >= 0.3 is 0 Å². The van der Waals surface area contributed by atoms with Crippen molar-refractivity contribution in [1.82, 2.24) is 13.7 Å². The van der Waals surface area contributed by atoms with Gasteiger partial charge in [0.2, 0.25) is 0 Å². The molecule has 0 N–H and O–H groups in total. The normalized spacial score (nSPS) is 19.3. The Kier molecular flexibility index (Phi) is 3.33. The number of thiazole rings is 1. The third kappa shape index (κ3) is 2.18. The average Bonchev–Trinajstić information content (AvgIpc) is 2.88. The van der Waals surface area contributed by atoms with Crippen molar-refractivity contribution in [1.29, 1.82) is 0 Å². The van der Waals surface area contributed by atoms with Gasteiger partial charge in [-0.05, 0) is 18.8 Å². The Balaban J connectivity index is 2.04. The molecule has 0 atom stereocenters. The lowest BCUT2D eigenvalue weighted by Crippen LogP contribution is -2.38. The van der Waals surface area contributed by atoms with Crippen LogP contribution in [0.5, 0.6) is 0 Å². The van der Waals surface area contributed by atoms with Crippen LogP contribution in [-0.4, -0.2) is 35.2 Å². The Morgan fingerprint density at radius 3 is 2.79 bits per heavy atom. The van der Waals surface area contributed by atoms with Crippen molar-refractivity contribution in [3.63, 3.8) is 0 Å². The molecule has 19 heavy (non-hydrogen) atoms. The summed E-state index contributed by atoms with van der Waals surface area (Å²) in [6, 6.07) is 0. The molecule has 0 radical (unpaired) electrons. The fourth-order valence-corrected chi connectivity index (χ4v) is 5.19. The van der Waals surface area contributed by atoms with Crippen molar-refractivity contribution in [3.05, 3.63) is 16.7 Å². The van der Waals surface area contributed by atoms with Crippen LogP contribution in [0, 0.1) is 5.92 Å². The first kappa shape index (κ1) is 13.4. The molecule has 3 rings (SSSR count). The van der Waals surface area contributed by atoms with Gasteiger partial charge in [0.25, 0.3) is 10.0 Å². The monoisotopic (exact) mass is 319 g/mol. The molecule has 2 aromatic rings. The molecule has 0 unspecified atom stereocenters. The van der Waals surface area contributed by atoms with Crippen molar-refractivity contribution in [2.24, 2.45) is 5.92 Å². The van der Waals surface area contributed by atoms with Crippen molar-refractivity contribution in [2.75, 3.05) is 13.1 Å². The van der Waals surface area contributed by atoms with Crippen LogP contribution in [-0.2, 0) is 10.0 Å². The van der Waals surface area contributed by atoms with E-state index in [0.29, 0.717) is 24.0 Å². The lowest BCUT2D eigenvalue weighted by molar-refractivity contribution is 0.287. The molecule has 0 aromatic carbocycles. The third-order valence-electron chi connectivity index (χ3n) is 3.51. The van der Waals surface area contributed by atoms with E-state index in [1.54, 1.807) is 16.0 Å². The van der Waals surface area contributed by atoms with E-state index in [0.717, 1.165) is 12.8 Å². The fraction of sp³-hybridized carbons (Fsp3) is 0.545. The number of imidazole rings is 1. The molecule has 1 fully saturated rings. The smallest absolute Gasteiger partial charge is 0.262 e. The predicted octanol–water partition coefficient (Wildman–Crippen LogP) is 2.47. The van der Waals surface area contributed by atoms with E-state index in [4.69, 9.17) is 11.6 Å². The standard InChI is InChI=1S/C11H14ClN3O2S2/c1-8-2-4-14(5-3-8)19(16,17)10-9(12)13-11-15(10)6-7-18-11/h6-8H,2-5H2,1H3. The Hall–Kier alpha value is -0.630. The van der Waals surface area contributed by atoms with E-state index in [1.165, 1.54) is 15.6 Å². The minimum atomic E-state index is -3.56. The molecular formula is C11H14ClN3O2S2. The quantitative estimate of drug-likeness (QED) is 0.854. The van der Waals surface area contributed by atoms with Crippen molar-refractivity contribution >= 4 is 37.9 Å². The highest BCUT2D eigenvalue weighted by atomic mass is 35.5. The lowest BCUT2D eigenvalue weighted by Gasteiger charge is -2.29. The second-order valence-electron chi connectivity index (χ2n) is 4.85. The number of fused-ring (bicyclic) bond motifs is 1. The maximum atomic E-state index is 12.7. The van der Waals surface area contributed by atoms with Crippen molar-refractivity contribution in [2.45, 2.75) is 24.8 Å². The maximum absolute atomic E-state index is 12.7. The van der Waals surface area contributed by atoms with Gasteiger partial charge in [0.15, 0.2) is 15.1 Å². The van der Waals surface area contributed by atoms with Gasteiger partial charge in [0, 0.05) is 24.7 Å². The number of nitrogens with zero attached hydrogens (tertiary/aromatic N) is 3. The van der Waals surface area contributed by atoms with Crippen LogP contribution in [0.15, 0.2) is 16.6 Å². The van der Waals surface area contributed by atoms with E-state index in [-0.39, 0.29) is 10.2 Å². The Morgan fingerprint density at radius 2 is 2.11 bits per heavy atom.